The van der Waals surface area contributed by atoms with Crippen LogP contribution < -0.4 is 10.6 Å². The maximum atomic E-state index is 12.0. The summed E-state index contributed by atoms with van der Waals surface area (Å²) in [6.07, 6.45) is 1.70. The summed E-state index contributed by atoms with van der Waals surface area (Å²) in [6.45, 7) is 5.87. The monoisotopic (exact) mass is 320 g/mol. The number of rotatable bonds is 4. The summed E-state index contributed by atoms with van der Waals surface area (Å²) in [5.74, 6) is -0.573. The molecular formula is C11H17BrN2O2S. The molecule has 96 valence electrons. The van der Waals surface area contributed by atoms with Gasteiger partial charge in [-0.05, 0) is 31.5 Å². The second kappa shape index (κ2) is 5.02. The van der Waals surface area contributed by atoms with Gasteiger partial charge in [0, 0.05) is 4.32 Å². The number of nitrogens with one attached hydrogen (secondary N) is 2. The van der Waals surface area contributed by atoms with Crippen LogP contribution in [-0.2, 0) is 9.59 Å². The second-order valence-corrected chi connectivity index (χ2v) is 7.45. The molecule has 1 saturated heterocycles. The zero-order valence-electron chi connectivity index (χ0n) is 10.2. The van der Waals surface area contributed by atoms with Crippen LogP contribution in [0.15, 0.2) is 0 Å². The van der Waals surface area contributed by atoms with Crippen LogP contribution in [0.5, 0.6) is 0 Å². The molecule has 2 amide bonds. The van der Waals surface area contributed by atoms with E-state index < -0.39 is 5.41 Å². The topological polar surface area (TPSA) is 58.2 Å². The number of hydrogen-bond donors (Lipinski definition) is 2. The van der Waals surface area contributed by atoms with Gasteiger partial charge in [-0.1, -0.05) is 36.7 Å². The van der Waals surface area contributed by atoms with Crippen molar-refractivity contribution in [1.82, 2.24) is 10.6 Å². The number of carbonyl (C=O) groups excluding carboxylic acids is 2. The molecule has 0 saturated carbocycles. The first-order chi connectivity index (χ1) is 7.71. The van der Waals surface area contributed by atoms with Crippen LogP contribution in [0.1, 0.15) is 40.0 Å². The van der Waals surface area contributed by atoms with E-state index in [2.05, 4.69) is 26.6 Å². The van der Waals surface area contributed by atoms with Gasteiger partial charge in [0.15, 0.2) is 5.11 Å². The largest absolute Gasteiger partial charge is 0.302 e. The highest BCUT2D eigenvalue weighted by Crippen LogP contribution is 2.35. The molecule has 0 spiro atoms. The standard InChI is InChI=1S/C11H17BrN2O2S/c1-4-11(6-5-10(2,3)12)7(15)13-9(17)14-8(11)16/h4-6H2,1-3H3,(H2,13,14,15,16,17). The molecule has 0 unspecified atom stereocenters. The van der Waals surface area contributed by atoms with E-state index in [0.29, 0.717) is 12.8 Å². The summed E-state index contributed by atoms with van der Waals surface area (Å²) in [6, 6.07) is 0. The third-order valence-electron chi connectivity index (χ3n) is 3.07. The average Bonchev–Trinajstić information content (AvgIpc) is 2.15. The van der Waals surface area contributed by atoms with Crippen LogP contribution in [0.25, 0.3) is 0 Å². The fourth-order valence-electron chi connectivity index (χ4n) is 1.82. The van der Waals surface area contributed by atoms with Crippen LogP contribution in [0.3, 0.4) is 0 Å². The number of alkyl halides is 1. The number of thiocarbonyl (C=S) groups is 1. The van der Waals surface area contributed by atoms with Crippen molar-refractivity contribution in [3.8, 4) is 0 Å². The van der Waals surface area contributed by atoms with Crippen molar-refractivity contribution in [3.63, 3.8) is 0 Å². The first kappa shape index (κ1) is 14.6. The van der Waals surface area contributed by atoms with Gasteiger partial charge in [-0.2, -0.15) is 0 Å². The minimum absolute atomic E-state index is 0.0896. The zero-order chi connectivity index (χ0) is 13.3. The highest BCUT2D eigenvalue weighted by Gasteiger charge is 2.48. The van der Waals surface area contributed by atoms with Crippen LogP contribution >= 0.6 is 28.1 Å². The Hall–Kier alpha value is -0.490. The van der Waals surface area contributed by atoms with E-state index in [1.807, 2.05) is 20.8 Å². The van der Waals surface area contributed by atoms with Gasteiger partial charge in [0.25, 0.3) is 0 Å². The molecule has 0 atom stereocenters. The summed E-state index contributed by atoms with van der Waals surface area (Å²) >= 11 is 8.32. The average molecular weight is 321 g/mol. The van der Waals surface area contributed by atoms with Gasteiger partial charge >= 0.3 is 0 Å². The summed E-state index contributed by atoms with van der Waals surface area (Å²) in [4.78, 5) is 24.0. The van der Waals surface area contributed by atoms with Gasteiger partial charge < -0.3 is 10.6 Å². The number of carbonyl (C=O) groups is 2. The van der Waals surface area contributed by atoms with Crippen molar-refractivity contribution in [2.24, 2.45) is 5.41 Å². The van der Waals surface area contributed by atoms with Gasteiger partial charge in [-0.15, -0.1) is 0 Å². The van der Waals surface area contributed by atoms with E-state index in [-0.39, 0.29) is 21.3 Å². The number of hydrogen-bond acceptors (Lipinski definition) is 3. The Kier molecular flexibility index (Phi) is 4.30. The Morgan fingerprint density at radius 3 is 2.12 bits per heavy atom. The van der Waals surface area contributed by atoms with Crippen molar-refractivity contribution in [2.45, 2.75) is 44.4 Å². The van der Waals surface area contributed by atoms with E-state index in [1.54, 1.807) is 0 Å². The normalized spacial score (nSPS) is 19.9. The minimum atomic E-state index is -0.993. The van der Waals surface area contributed by atoms with Gasteiger partial charge in [0.2, 0.25) is 11.8 Å². The molecule has 2 N–H and O–H groups in total. The summed E-state index contributed by atoms with van der Waals surface area (Å²) in [7, 11) is 0. The predicted molar refractivity (Wildman–Crippen MR) is 73.8 cm³/mol. The summed E-state index contributed by atoms with van der Waals surface area (Å²) < 4.78 is -0.0896. The molecule has 0 aromatic carbocycles. The lowest BCUT2D eigenvalue weighted by atomic mass is 9.76. The Morgan fingerprint density at radius 2 is 1.76 bits per heavy atom. The maximum absolute atomic E-state index is 12.0. The van der Waals surface area contributed by atoms with Gasteiger partial charge in [-0.25, -0.2) is 0 Å². The predicted octanol–water partition coefficient (Wildman–Crippen LogP) is 1.87. The molecule has 0 aromatic rings. The van der Waals surface area contributed by atoms with E-state index in [4.69, 9.17) is 12.2 Å². The lowest BCUT2D eigenvalue weighted by Crippen LogP contribution is -2.62. The Balaban J connectivity index is 2.90. The van der Waals surface area contributed by atoms with Crippen molar-refractivity contribution >= 4 is 45.1 Å². The Labute approximate surface area is 115 Å². The Morgan fingerprint density at radius 1 is 1.29 bits per heavy atom. The first-order valence-electron chi connectivity index (χ1n) is 5.57. The second-order valence-electron chi connectivity index (χ2n) is 4.89. The molecule has 1 aliphatic rings. The van der Waals surface area contributed by atoms with Gasteiger partial charge in [-0.3, -0.25) is 9.59 Å². The fourth-order valence-corrected chi connectivity index (χ4v) is 2.20. The SMILES string of the molecule is CCC1(CCC(C)(C)Br)C(=O)NC(=S)NC1=O. The lowest BCUT2D eigenvalue weighted by Gasteiger charge is -2.35. The highest BCUT2D eigenvalue weighted by atomic mass is 79.9. The highest BCUT2D eigenvalue weighted by molar-refractivity contribution is 9.10. The smallest absolute Gasteiger partial charge is 0.241 e. The molecule has 0 radical (unpaired) electrons. The van der Waals surface area contributed by atoms with Crippen molar-refractivity contribution < 1.29 is 9.59 Å². The van der Waals surface area contributed by atoms with Crippen LogP contribution in [-0.4, -0.2) is 21.3 Å². The number of halogens is 1. The third kappa shape index (κ3) is 3.25. The quantitative estimate of drug-likeness (QED) is 0.472. The molecule has 1 aliphatic heterocycles. The van der Waals surface area contributed by atoms with E-state index in [1.165, 1.54) is 0 Å². The molecule has 0 aromatic heterocycles. The Bertz CT molecular complexity index is 343. The molecule has 4 nitrogen and oxygen atoms in total. The summed E-state index contributed by atoms with van der Waals surface area (Å²) in [5.41, 5.74) is -0.993. The van der Waals surface area contributed by atoms with Crippen molar-refractivity contribution in [2.75, 3.05) is 0 Å². The van der Waals surface area contributed by atoms with E-state index in [9.17, 15) is 9.59 Å². The van der Waals surface area contributed by atoms with Crippen molar-refractivity contribution in [1.29, 1.82) is 0 Å². The fraction of sp³-hybridized carbons (Fsp3) is 0.727. The zero-order valence-corrected chi connectivity index (χ0v) is 12.6. The van der Waals surface area contributed by atoms with E-state index in [0.717, 1.165) is 6.42 Å². The van der Waals surface area contributed by atoms with Gasteiger partial charge in [0.1, 0.15) is 5.41 Å². The summed E-state index contributed by atoms with van der Waals surface area (Å²) in [5, 5.41) is 5.17. The molecule has 1 heterocycles. The molecule has 17 heavy (non-hydrogen) atoms. The van der Waals surface area contributed by atoms with Gasteiger partial charge in [0.05, 0.1) is 0 Å². The third-order valence-corrected chi connectivity index (χ3v) is 3.67. The maximum Gasteiger partial charge on any atom is 0.241 e. The van der Waals surface area contributed by atoms with Crippen LogP contribution in [0.2, 0.25) is 0 Å². The molecular weight excluding hydrogens is 304 g/mol. The first-order valence-corrected chi connectivity index (χ1v) is 6.77. The lowest BCUT2D eigenvalue weighted by molar-refractivity contribution is -0.144. The number of amides is 2. The molecule has 0 bridgehead atoms. The molecule has 1 fully saturated rings. The molecule has 1 rings (SSSR count). The minimum Gasteiger partial charge on any atom is -0.302 e. The van der Waals surface area contributed by atoms with Crippen LogP contribution in [0.4, 0.5) is 0 Å². The van der Waals surface area contributed by atoms with E-state index >= 15 is 0 Å². The molecule has 6 heteroatoms. The van der Waals surface area contributed by atoms with Crippen molar-refractivity contribution in [3.05, 3.63) is 0 Å². The molecule has 0 aliphatic carbocycles. The van der Waals surface area contributed by atoms with Crippen LogP contribution in [0, 0.1) is 5.41 Å².